The van der Waals surface area contributed by atoms with E-state index in [-0.39, 0.29) is 32.7 Å². The van der Waals surface area contributed by atoms with Gasteiger partial charge >= 0.3 is 5.97 Å². The maximum atomic E-state index is 14.0. The van der Waals surface area contributed by atoms with Crippen LogP contribution < -0.4 is 9.62 Å². The third-order valence-electron chi connectivity index (χ3n) is 5.36. The first-order chi connectivity index (χ1) is 16.1. The van der Waals surface area contributed by atoms with Crippen molar-refractivity contribution in [1.29, 1.82) is 0 Å². The Hall–Kier alpha value is -3.14. The highest BCUT2D eigenvalue weighted by Gasteiger charge is 2.30. The van der Waals surface area contributed by atoms with Gasteiger partial charge in [-0.05, 0) is 66.9 Å². The second-order valence-electron chi connectivity index (χ2n) is 7.55. The minimum atomic E-state index is -3.98. The summed E-state index contributed by atoms with van der Waals surface area (Å²) in [6.45, 7) is 0.211. The summed E-state index contributed by atoms with van der Waals surface area (Å²) >= 11 is 11.9. The van der Waals surface area contributed by atoms with E-state index in [9.17, 15) is 22.4 Å². The summed E-state index contributed by atoms with van der Waals surface area (Å²) in [5.41, 5.74) is 0.804. The third kappa shape index (κ3) is 4.59. The Morgan fingerprint density at radius 1 is 1.00 bits per heavy atom. The molecule has 2 N–H and O–H groups in total. The average Bonchev–Trinajstić information content (AvgIpc) is 2.79. The van der Waals surface area contributed by atoms with Crippen LogP contribution in [0.4, 0.5) is 15.8 Å². The molecular weight excluding hydrogens is 506 g/mol. The number of nitrogens with one attached hydrogen (secondary N) is 1. The molecule has 0 radical (unpaired) electrons. The van der Waals surface area contributed by atoms with Crippen LogP contribution >= 0.6 is 23.2 Å². The molecule has 0 saturated heterocycles. The van der Waals surface area contributed by atoms with E-state index >= 15 is 0 Å². The summed E-state index contributed by atoms with van der Waals surface area (Å²) < 4.78 is 41.9. The maximum absolute atomic E-state index is 14.0. The summed E-state index contributed by atoms with van der Waals surface area (Å²) in [7, 11) is -3.98. The van der Waals surface area contributed by atoms with Crippen molar-refractivity contribution in [2.24, 2.45) is 0 Å². The smallest absolute Gasteiger partial charge is 0.338 e. The molecule has 0 atom stereocenters. The van der Waals surface area contributed by atoms with Gasteiger partial charge in [0.25, 0.3) is 15.9 Å². The van der Waals surface area contributed by atoms with Crippen LogP contribution in [0.2, 0.25) is 10.0 Å². The maximum Gasteiger partial charge on any atom is 0.338 e. The summed E-state index contributed by atoms with van der Waals surface area (Å²) in [6.07, 6.45) is 1.22. The molecule has 0 fully saturated rings. The van der Waals surface area contributed by atoms with E-state index < -0.39 is 33.3 Å². The number of carbonyl (C=O) groups excluding carboxylic acids is 1. The number of rotatable bonds is 5. The van der Waals surface area contributed by atoms with Crippen molar-refractivity contribution in [3.8, 4) is 0 Å². The highest BCUT2D eigenvalue weighted by Crippen LogP contribution is 2.34. The molecule has 1 amide bonds. The number of carboxylic acids is 1. The normalized spacial score (nSPS) is 13.3. The van der Waals surface area contributed by atoms with Crippen LogP contribution in [0.3, 0.4) is 0 Å². The number of halogens is 3. The SMILES string of the molecule is O=C(Nc1ccc(C(=O)O)c(F)c1)c1ccc2c(c1)N(S(=O)(=O)c1ccc(Cl)c(Cl)c1)CCC2. The molecule has 0 spiro atoms. The molecule has 7 nitrogen and oxygen atoms in total. The van der Waals surface area contributed by atoms with E-state index in [4.69, 9.17) is 28.3 Å². The topological polar surface area (TPSA) is 104 Å². The lowest BCUT2D eigenvalue weighted by molar-refractivity contribution is 0.0691. The second kappa shape index (κ2) is 9.25. The number of anilines is 2. The lowest BCUT2D eigenvalue weighted by Gasteiger charge is -2.31. The summed E-state index contributed by atoms with van der Waals surface area (Å²) in [5.74, 6) is -3.02. The molecule has 11 heteroatoms. The largest absolute Gasteiger partial charge is 0.478 e. The van der Waals surface area contributed by atoms with Crippen LogP contribution in [0, 0.1) is 5.82 Å². The molecular formula is C23H17Cl2FN2O5S. The molecule has 4 rings (SSSR count). The number of aryl methyl sites for hydroxylation is 1. The summed E-state index contributed by atoms with van der Waals surface area (Å²) in [5, 5.41) is 11.8. The lowest BCUT2D eigenvalue weighted by atomic mass is 10.0. The molecule has 0 bridgehead atoms. The Labute approximate surface area is 204 Å². The van der Waals surface area contributed by atoms with Gasteiger partial charge in [-0.1, -0.05) is 29.3 Å². The number of nitrogens with zero attached hydrogens (tertiary/aromatic N) is 1. The van der Waals surface area contributed by atoms with Gasteiger partial charge in [0.05, 0.1) is 26.2 Å². The number of hydrogen-bond donors (Lipinski definition) is 2. The van der Waals surface area contributed by atoms with Gasteiger partial charge in [0.1, 0.15) is 5.82 Å². The van der Waals surface area contributed by atoms with E-state index in [1.54, 1.807) is 12.1 Å². The van der Waals surface area contributed by atoms with Crippen LogP contribution in [0.5, 0.6) is 0 Å². The standard InChI is InChI=1S/C23H17Cl2FN2O5S/c24-18-8-6-16(12-19(18)25)34(32,33)28-9-1-2-13-3-4-14(10-21(13)28)22(29)27-15-5-7-17(23(30)31)20(26)11-15/h3-8,10-12H,1-2,9H2,(H,27,29)(H,30,31). The van der Waals surface area contributed by atoms with Crippen molar-refractivity contribution in [1.82, 2.24) is 0 Å². The summed E-state index contributed by atoms with van der Waals surface area (Å²) in [4.78, 5) is 23.7. The van der Waals surface area contributed by atoms with Crippen molar-refractivity contribution in [2.45, 2.75) is 17.7 Å². The van der Waals surface area contributed by atoms with Crippen LogP contribution in [0.1, 0.15) is 32.7 Å². The van der Waals surface area contributed by atoms with Crippen molar-refractivity contribution in [3.05, 3.63) is 87.2 Å². The predicted molar refractivity (Wildman–Crippen MR) is 127 cm³/mol. The van der Waals surface area contributed by atoms with Gasteiger partial charge in [0.15, 0.2) is 0 Å². The van der Waals surface area contributed by atoms with Crippen molar-refractivity contribution in [2.75, 3.05) is 16.2 Å². The van der Waals surface area contributed by atoms with Crippen molar-refractivity contribution >= 4 is 56.5 Å². The van der Waals surface area contributed by atoms with Crippen LogP contribution in [0.15, 0.2) is 59.5 Å². The van der Waals surface area contributed by atoms with Crippen molar-refractivity contribution in [3.63, 3.8) is 0 Å². The van der Waals surface area contributed by atoms with Crippen LogP contribution in [-0.4, -0.2) is 31.9 Å². The molecule has 3 aromatic rings. The number of fused-ring (bicyclic) bond motifs is 1. The molecule has 1 heterocycles. The number of carboxylic acid groups (broad SMARTS) is 1. The van der Waals surface area contributed by atoms with E-state index in [0.29, 0.717) is 18.5 Å². The first-order valence-corrected chi connectivity index (χ1v) is 12.2. The molecule has 1 aliphatic rings. The fraction of sp³-hybridized carbons (Fsp3) is 0.130. The Morgan fingerprint density at radius 2 is 1.76 bits per heavy atom. The third-order valence-corrected chi connectivity index (χ3v) is 7.91. The van der Waals surface area contributed by atoms with Gasteiger partial charge in [-0.15, -0.1) is 0 Å². The first-order valence-electron chi connectivity index (χ1n) is 10.0. The van der Waals surface area contributed by atoms with Gasteiger partial charge in [-0.25, -0.2) is 17.6 Å². The Kier molecular flexibility index (Phi) is 6.53. The lowest BCUT2D eigenvalue weighted by Crippen LogP contribution is -2.35. The van der Waals surface area contributed by atoms with E-state index in [1.165, 1.54) is 34.6 Å². The Balaban J connectivity index is 1.65. The zero-order chi connectivity index (χ0) is 24.6. The zero-order valence-corrected chi connectivity index (χ0v) is 19.7. The predicted octanol–water partition coefficient (Wildman–Crippen LogP) is 5.22. The fourth-order valence-corrected chi connectivity index (χ4v) is 5.59. The molecule has 1 aliphatic heterocycles. The van der Waals surface area contributed by atoms with E-state index in [2.05, 4.69) is 5.32 Å². The first kappa shape index (κ1) is 24.0. The van der Waals surface area contributed by atoms with E-state index in [1.807, 2.05) is 0 Å². The quantitative estimate of drug-likeness (QED) is 0.477. The molecule has 0 aromatic heterocycles. The Bertz CT molecular complexity index is 1430. The van der Waals surface area contributed by atoms with Gasteiger partial charge in [0, 0.05) is 17.8 Å². The molecule has 0 unspecified atom stereocenters. The van der Waals surface area contributed by atoms with Gasteiger partial charge in [-0.2, -0.15) is 0 Å². The molecule has 34 heavy (non-hydrogen) atoms. The highest BCUT2D eigenvalue weighted by molar-refractivity contribution is 7.92. The van der Waals surface area contributed by atoms with Crippen LogP contribution in [0.25, 0.3) is 0 Å². The van der Waals surface area contributed by atoms with Gasteiger partial charge in [-0.3, -0.25) is 9.10 Å². The number of sulfonamides is 1. The monoisotopic (exact) mass is 522 g/mol. The number of amides is 1. The zero-order valence-electron chi connectivity index (χ0n) is 17.4. The van der Waals surface area contributed by atoms with Gasteiger partial charge in [0.2, 0.25) is 0 Å². The Morgan fingerprint density at radius 3 is 2.44 bits per heavy atom. The van der Waals surface area contributed by atoms with Crippen LogP contribution in [-0.2, 0) is 16.4 Å². The van der Waals surface area contributed by atoms with E-state index in [0.717, 1.165) is 17.7 Å². The molecule has 0 saturated carbocycles. The average molecular weight is 523 g/mol. The molecule has 3 aromatic carbocycles. The fourth-order valence-electron chi connectivity index (χ4n) is 3.67. The second-order valence-corrected chi connectivity index (χ2v) is 10.2. The number of benzene rings is 3. The van der Waals surface area contributed by atoms with Gasteiger partial charge < -0.3 is 10.4 Å². The highest BCUT2D eigenvalue weighted by atomic mass is 35.5. The number of hydrogen-bond acceptors (Lipinski definition) is 4. The summed E-state index contributed by atoms with van der Waals surface area (Å²) in [6, 6.07) is 11.9. The number of aromatic carboxylic acids is 1. The molecule has 0 aliphatic carbocycles. The minimum Gasteiger partial charge on any atom is -0.478 e. The minimum absolute atomic E-state index is 0.0291. The molecule has 176 valence electrons. The van der Waals surface area contributed by atoms with Crippen molar-refractivity contribution < 1.29 is 27.5 Å². The number of carbonyl (C=O) groups is 2.